The number of carbonyl (C=O) groups is 1. The normalized spacial score (nSPS) is 13.9. The van der Waals surface area contributed by atoms with E-state index in [1.165, 1.54) is 17.9 Å². The second kappa shape index (κ2) is 7.94. The first-order valence-electron chi connectivity index (χ1n) is 9.28. The highest BCUT2D eigenvalue weighted by molar-refractivity contribution is 6.28. The number of nitrogens with zero attached hydrogens (tertiary/aromatic N) is 3. The molecule has 0 unspecified atom stereocenters. The molecule has 0 fully saturated rings. The van der Waals surface area contributed by atoms with Gasteiger partial charge < -0.3 is 10.1 Å². The Morgan fingerprint density at radius 1 is 1.23 bits per heavy atom. The van der Waals surface area contributed by atoms with Gasteiger partial charge in [-0.1, -0.05) is 12.1 Å². The first-order chi connectivity index (χ1) is 13.8. The Hall–Kier alpha value is -2.55. The molecule has 1 aromatic heterocycles. The quantitative estimate of drug-likeness (QED) is 0.651. The lowest BCUT2D eigenvalue weighted by molar-refractivity contribution is -0.138. The standard InChI is InChI=1S/C20H22ClF3N4O2/c1-11-12(6-5-7-14(11)20(22,23)24)8-25-16-13-9-28(18(29)30-19(2,3)4)10-15(13)26-17(21)27-16/h5-7H,8-10H2,1-4H3,(H,25,26,27). The van der Waals surface area contributed by atoms with Gasteiger partial charge in [0, 0.05) is 12.1 Å². The van der Waals surface area contributed by atoms with E-state index in [1.807, 2.05) is 0 Å². The summed E-state index contributed by atoms with van der Waals surface area (Å²) in [6.45, 7) is 7.29. The predicted octanol–water partition coefficient (Wildman–Crippen LogP) is 5.32. The molecule has 162 valence electrons. The molecule has 2 heterocycles. The van der Waals surface area contributed by atoms with E-state index in [9.17, 15) is 18.0 Å². The molecule has 0 saturated carbocycles. The zero-order valence-electron chi connectivity index (χ0n) is 17.0. The maximum Gasteiger partial charge on any atom is 0.416 e. The second-order valence-electron chi connectivity index (χ2n) is 8.04. The van der Waals surface area contributed by atoms with Crippen molar-refractivity contribution in [2.75, 3.05) is 5.32 Å². The number of anilines is 1. The molecule has 30 heavy (non-hydrogen) atoms. The van der Waals surface area contributed by atoms with Crippen LogP contribution in [0.25, 0.3) is 0 Å². The molecule has 0 spiro atoms. The number of halogens is 4. The Bertz CT molecular complexity index is 974. The number of rotatable bonds is 3. The second-order valence-corrected chi connectivity index (χ2v) is 8.38. The number of hydrogen-bond acceptors (Lipinski definition) is 5. The predicted molar refractivity (Wildman–Crippen MR) is 106 cm³/mol. The van der Waals surface area contributed by atoms with Crippen molar-refractivity contribution in [2.24, 2.45) is 0 Å². The highest BCUT2D eigenvalue weighted by Crippen LogP contribution is 2.34. The van der Waals surface area contributed by atoms with E-state index >= 15 is 0 Å². The van der Waals surface area contributed by atoms with Gasteiger partial charge in [0.25, 0.3) is 0 Å². The Kier molecular flexibility index (Phi) is 5.86. The van der Waals surface area contributed by atoms with Gasteiger partial charge >= 0.3 is 12.3 Å². The molecule has 0 aliphatic carbocycles. The van der Waals surface area contributed by atoms with Gasteiger partial charge in [0.15, 0.2) is 0 Å². The van der Waals surface area contributed by atoms with Crippen LogP contribution in [0.2, 0.25) is 5.28 Å². The average Bonchev–Trinajstić information content (AvgIpc) is 3.02. The summed E-state index contributed by atoms with van der Waals surface area (Å²) >= 11 is 6.01. The third-order valence-corrected chi connectivity index (χ3v) is 4.77. The van der Waals surface area contributed by atoms with Crippen LogP contribution in [0, 0.1) is 6.92 Å². The van der Waals surface area contributed by atoms with Crippen LogP contribution in [-0.4, -0.2) is 26.6 Å². The molecule has 1 amide bonds. The number of hydrogen-bond donors (Lipinski definition) is 1. The van der Waals surface area contributed by atoms with E-state index in [2.05, 4.69) is 15.3 Å². The van der Waals surface area contributed by atoms with E-state index in [-0.39, 0.29) is 30.5 Å². The molecule has 2 aromatic rings. The van der Waals surface area contributed by atoms with Crippen LogP contribution in [-0.2, 0) is 30.5 Å². The van der Waals surface area contributed by atoms with Crippen molar-refractivity contribution in [2.45, 2.75) is 59.1 Å². The van der Waals surface area contributed by atoms with Crippen LogP contribution >= 0.6 is 11.6 Å². The summed E-state index contributed by atoms with van der Waals surface area (Å²) in [5.74, 6) is 0.382. The lowest BCUT2D eigenvalue weighted by Crippen LogP contribution is -2.33. The molecular weight excluding hydrogens is 421 g/mol. The fourth-order valence-corrected chi connectivity index (χ4v) is 3.37. The van der Waals surface area contributed by atoms with Crippen molar-refractivity contribution in [3.63, 3.8) is 0 Å². The molecule has 0 saturated heterocycles. The molecule has 3 rings (SSSR count). The van der Waals surface area contributed by atoms with Crippen molar-refractivity contribution in [1.82, 2.24) is 14.9 Å². The van der Waals surface area contributed by atoms with Gasteiger partial charge in [0.2, 0.25) is 5.28 Å². The van der Waals surface area contributed by atoms with Crippen LogP contribution in [0.1, 0.15) is 48.7 Å². The number of amides is 1. The fourth-order valence-electron chi connectivity index (χ4n) is 3.19. The van der Waals surface area contributed by atoms with Gasteiger partial charge in [0.1, 0.15) is 11.4 Å². The van der Waals surface area contributed by atoms with Crippen LogP contribution < -0.4 is 5.32 Å². The van der Waals surface area contributed by atoms with Crippen molar-refractivity contribution in [3.05, 3.63) is 51.4 Å². The summed E-state index contributed by atoms with van der Waals surface area (Å²) in [4.78, 5) is 22.2. The Balaban J connectivity index is 1.80. The summed E-state index contributed by atoms with van der Waals surface area (Å²) in [6, 6.07) is 4.04. The molecule has 1 N–H and O–H groups in total. The molecular formula is C20H22ClF3N4O2. The third-order valence-electron chi connectivity index (χ3n) is 4.60. The minimum atomic E-state index is -4.42. The number of carbonyl (C=O) groups excluding carboxylic acids is 1. The number of benzene rings is 1. The molecule has 1 aliphatic rings. The largest absolute Gasteiger partial charge is 0.444 e. The summed E-state index contributed by atoms with van der Waals surface area (Å²) in [6.07, 6.45) is -4.91. The molecule has 0 atom stereocenters. The first-order valence-corrected chi connectivity index (χ1v) is 9.65. The van der Waals surface area contributed by atoms with Gasteiger partial charge in [-0.2, -0.15) is 13.2 Å². The minimum Gasteiger partial charge on any atom is -0.444 e. The Morgan fingerprint density at radius 2 is 1.93 bits per heavy atom. The molecule has 1 aromatic carbocycles. The zero-order valence-corrected chi connectivity index (χ0v) is 17.8. The van der Waals surface area contributed by atoms with Crippen molar-refractivity contribution in [1.29, 1.82) is 0 Å². The zero-order chi connectivity index (χ0) is 22.3. The molecule has 0 radical (unpaired) electrons. The Morgan fingerprint density at radius 3 is 2.57 bits per heavy atom. The Labute approximate surface area is 177 Å². The lowest BCUT2D eigenvalue weighted by Gasteiger charge is -2.24. The smallest absolute Gasteiger partial charge is 0.416 e. The minimum absolute atomic E-state index is 0.0111. The SMILES string of the molecule is Cc1c(CNc2nc(Cl)nc3c2CN(C(=O)OC(C)(C)C)C3)cccc1C(F)(F)F. The van der Waals surface area contributed by atoms with Gasteiger partial charge in [-0.3, -0.25) is 4.90 Å². The summed E-state index contributed by atoms with van der Waals surface area (Å²) in [7, 11) is 0. The van der Waals surface area contributed by atoms with Gasteiger partial charge in [-0.15, -0.1) is 0 Å². The van der Waals surface area contributed by atoms with Crippen molar-refractivity contribution in [3.8, 4) is 0 Å². The highest BCUT2D eigenvalue weighted by Gasteiger charge is 2.33. The van der Waals surface area contributed by atoms with E-state index in [1.54, 1.807) is 26.8 Å². The van der Waals surface area contributed by atoms with E-state index in [0.29, 0.717) is 22.6 Å². The summed E-state index contributed by atoms with van der Waals surface area (Å²) < 4.78 is 44.9. The maximum absolute atomic E-state index is 13.2. The topological polar surface area (TPSA) is 67.4 Å². The number of ether oxygens (including phenoxy) is 1. The van der Waals surface area contributed by atoms with E-state index < -0.39 is 23.4 Å². The molecule has 0 bridgehead atoms. The fraction of sp³-hybridized carbons (Fsp3) is 0.450. The van der Waals surface area contributed by atoms with Crippen molar-refractivity contribution >= 4 is 23.5 Å². The molecule has 6 nitrogen and oxygen atoms in total. The lowest BCUT2D eigenvalue weighted by atomic mass is 10.0. The van der Waals surface area contributed by atoms with Gasteiger partial charge in [-0.25, -0.2) is 14.8 Å². The number of aromatic nitrogens is 2. The third kappa shape index (κ3) is 4.95. The van der Waals surface area contributed by atoms with Crippen LogP contribution in [0.3, 0.4) is 0 Å². The summed E-state index contributed by atoms with van der Waals surface area (Å²) in [5.41, 5.74) is 0.542. The van der Waals surface area contributed by atoms with Crippen molar-refractivity contribution < 1.29 is 22.7 Å². The summed E-state index contributed by atoms with van der Waals surface area (Å²) in [5, 5.41) is 3.04. The van der Waals surface area contributed by atoms with Crippen LogP contribution in [0.4, 0.5) is 23.8 Å². The number of fused-ring (bicyclic) bond motifs is 1. The van der Waals surface area contributed by atoms with Crippen LogP contribution in [0.5, 0.6) is 0 Å². The van der Waals surface area contributed by atoms with Crippen LogP contribution in [0.15, 0.2) is 18.2 Å². The number of nitrogens with one attached hydrogen (secondary N) is 1. The number of alkyl halides is 3. The molecule has 1 aliphatic heterocycles. The first kappa shape index (κ1) is 22.1. The van der Waals surface area contributed by atoms with E-state index in [4.69, 9.17) is 16.3 Å². The van der Waals surface area contributed by atoms with E-state index in [0.717, 1.165) is 6.07 Å². The monoisotopic (exact) mass is 442 g/mol. The molecule has 10 heteroatoms. The average molecular weight is 443 g/mol. The van der Waals surface area contributed by atoms with Gasteiger partial charge in [-0.05, 0) is 56.5 Å². The maximum atomic E-state index is 13.2. The highest BCUT2D eigenvalue weighted by atomic mass is 35.5. The van der Waals surface area contributed by atoms with Gasteiger partial charge in [0.05, 0.1) is 24.3 Å².